The number of nitrogens with zero attached hydrogens (tertiary/aromatic N) is 1. The molecule has 0 aliphatic carbocycles. The normalized spacial score (nSPS) is 14.8. The molecule has 53 valence electrons. The lowest BCUT2D eigenvalue weighted by Crippen LogP contribution is -2.11. The van der Waals surface area contributed by atoms with Gasteiger partial charge in [-0.3, -0.25) is 0 Å². The van der Waals surface area contributed by atoms with Gasteiger partial charge in [-0.25, -0.2) is 0 Å². The molecular weight excluding hydrogens is 114 g/mol. The van der Waals surface area contributed by atoms with Crippen molar-refractivity contribution in [3.63, 3.8) is 0 Å². The number of hydrogen-bond donors (Lipinski definition) is 0. The summed E-state index contributed by atoms with van der Waals surface area (Å²) in [5.74, 6) is 0.508. The van der Waals surface area contributed by atoms with Crippen molar-refractivity contribution >= 4 is 6.21 Å². The summed E-state index contributed by atoms with van der Waals surface area (Å²) < 4.78 is 0. The Bertz CT molecular complexity index is 88.9. The van der Waals surface area contributed by atoms with E-state index in [0.717, 1.165) is 0 Å². The molecule has 0 bridgehead atoms. The number of oxime groups is 1. The van der Waals surface area contributed by atoms with Crippen LogP contribution < -0.4 is 0 Å². The van der Waals surface area contributed by atoms with Gasteiger partial charge in [0.2, 0.25) is 0 Å². The van der Waals surface area contributed by atoms with Crippen molar-refractivity contribution in [3.05, 3.63) is 6.92 Å². The molecule has 0 saturated heterocycles. The Kier molecular flexibility index (Phi) is 4.10. The summed E-state index contributed by atoms with van der Waals surface area (Å²) >= 11 is 0. The molecule has 0 rings (SSSR count). The van der Waals surface area contributed by atoms with Crippen molar-refractivity contribution in [3.8, 4) is 0 Å². The van der Waals surface area contributed by atoms with Crippen LogP contribution in [0.4, 0.5) is 0 Å². The molecule has 1 unspecified atom stereocenters. The van der Waals surface area contributed by atoms with E-state index in [2.05, 4.69) is 25.9 Å². The lowest BCUT2D eigenvalue weighted by atomic mass is 10.1. The Morgan fingerprint density at radius 1 is 1.44 bits per heavy atom. The summed E-state index contributed by atoms with van der Waals surface area (Å²) in [5.41, 5.74) is 0. The first-order chi connectivity index (χ1) is 4.18. The Balaban J connectivity index is 3.38. The Hall–Kier alpha value is -0.530. The van der Waals surface area contributed by atoms with Crippen LogP contribution in [0.25, 0.3) is 0 Å². The van der Waals surface area contributed by atoms with Crippen molar-refractivity contribution in [2.24, 2.45) is 11.1 Å². The lowest BCUT2D eigenvalue weighted by Gasteiger charge is -2.11. The minimum atomic E-state index is 0.183. The van der Waals surface area contributed by atoms with Gasteiger partial charge in [0, 0.05) is 6.21 Å². The molecule has 1 radical (unpaired) electrons. The van der Waals surface area contributed by atoms with Crippen LogP contribution in [0.15, 0.2) is 5.16 Å². The van der Waals surface area contributed by atoms with E-state index in [9.17, 15) is 0 Å². The van der Waals surface area contributed by atoms with Crippen molar-refractivity contribution in [1.29, 1.82) is 0 Å². The predicted octanol–water partition coefficient (Wildman–Crippen LogP) is 1.87. The fraction of sp³-hybridized carbons (Fsp3) is 0.714. The summed E-state index contributed by atoms with van der Waals surface area (Å²) in [4.78, 5) is 4.96. The van der Waals surface area contributed by atoms with Gasteiger partial charge in [-0.05, 0) is 19.8 Å². The maximum absolute atomic E-state index is 4.96. The van der Waals surface area contributed by atoms with E-state index >= 15 is 0 Å². The van der Waals surface area contributed by atoms with Crippen LogP contribution in [0.1, 0.15) is 20.8 Å². The van der Waals surface area contributed by atoms with Crippen molar-refractivity contribution in [2.45, 2.75) is 26.9 Å². The quantitative estimate of drug-likeness (QED) is 0.420. The van der Waals surface area contributed by atoms with Crippen LogP contribution >= 0.6 is 0 Å². The average Bonchev–Trinajstić information content (AvgIpc) is 1.82. The molecule has 0 amide bonds. The average molecular weight is 128 g/mol. The molecule has 0 aromatic rings. The monoisotopic (exact) mass is 128 g/mol. The molecule has 1 atom stereocenters. The largest absolute Gasteiger partial charge is 0.393 e. The van der Waals surface area contributed by atoms with E-state index in [-0.39, 0.29) is 6.10 Å². The second-order valence-electron chi connectivity index (χ2n) is 2.34. The summed E-state index contributed by atoms with van der Waals surface area (Å²) in [5, 5.41) is 3.56. The zero-order valence-electron chi connectivity index (χ0n) is 6.29. The van der Waals surface area contributed by atoms with Crippen LogP contribution in [0.2, 0.25) is 0 Å². The van der Waals surface area contributed by atoms with E-state index in [1.165, 1.54) is 6.21 Å². The maximum atomic E-state index is 4.96. The minimum Gasteiger partial charge on any atom is -0.393 e. The maximum Gasteiger partial charge on any atom is 0.127 e. The highest BCUT2D eigenvalue weighted by atomic mass is 16.6. The van der Waals surface area contributed by atoms with Crippen molar-refractivity contribution in [2.75, 3.05) is 0 Å². The molecular formula is C7H14NO. The van der Waals surface area contributed by atoms with E-state index < -0.39 is 0 Å². The second-order valence-corrected chi connectivity index (χ2v) is 2.34. The molecule has 2 nitrogen and oxygen atoms in total. The van der Waals surface area contributed by atoms with Gasteiger partial charge in [0.1, 0.15) is 6.10 Å². The van der Waals surface area contributed by atoms with Gasteiger partial charge in [-0.2, -0.15) is 0 Å². The molecule has 0 N–H and O–H groups in total. The van der Waals surface area contributed by atoms with Crippen LogP contribution in [-0.2, 0) is 4.84 Å². The third-order valence-electron chi connectivity index (χ3n) is 1.24. The Labute approximate surface area is 56.9 Å². The molecule has 2 heteroatoms. The standard InChI is InChI=1S/C7H14NO/c1-5-8-9-7(4)6(2)3/h5-7H,1H2,2-4H3. The Morgan fingerprint density at radius 3 is 2.33 bits per heavy atom. The molecule has 0 fully saturated rings. The fourth-order valence-electron chi connectivity index (χ4n) is 0.261. The highest BCUT2D eigenvalue weighted by molar-refractivity contribution is 5.60. The van der Waals surface area contributed by atoms with Gasteiger partial charge in [0.15, 0.2) is 0 Å². The number of rotatable bonds is 3. The van der Waals surface area contributed by atoms with Crippen molar-refractivity contribution in [1.82, 2.24) is 0 Å². The molecule has 9 heavy (non-hydrogen) atoms. The van der Waals surface area contributed by atoms with E-state index in [0.29, 0.717) is 5.92 Å². The van der Waals surface area contributed by atoms with Crippen LogP contribution in [-0.4, -0.2) is 12.3 Å². The van der Waals surface area contributed by atoms with Gasteiger partial charge < -0.3 is 4.84 Å². The molecule has 0 aliphatic rings. The minimum absolute atomic E-state index is 0.183. The summed E-state index contributed by atoms with van der Waals surface area (Å²) in [6, 6.07) is 0. The summed E-state index contributed by atoms with van der Waals surface area (Å²) in [6.45, 7) is 9.56. The van der Waals surface area contributed by atoms with Crippen LogP contribution in [0.3, 0.4) is 0 Å². The molecule has 0 aromatic carbocycles. The predicted molar refractivity (Wildman–Crippen MR) is 39.2 cm³/mol. The lowest BCUT2D eigenvalue weighted by molar-refractivity contribution is 0.0415. The molecule has 0 aromatic heterocycles. The summed E-state index contributed by atoms with van der Waals surface area (Å²) in [7, 11) is 0. The zero-order chi connectivity index (χ0) is 7.28. The van der Waals surface area contributed by atoms with E-state index in [1.54, 1.807) is 0 Å². The van der Waals surface area contributed by atoms with E-state index in [1.807, 2.05) is 6.92 Å². The molecule has 0 heterocycles. The van der Waals surface area contributed by atoms with Crippen LogP contribution in [0, 0.1) is 12.8 Å². The van der Waals surface area contributed by atoms with Gasteiger partial charge in [0.25, 0.3) is 0 Å². The van der Waals surface area contributed by atoms with Crippen LogP contribution in [0.5, 0.6) is 0 Å². The topological polar surface area (TPSA) is 21.6 Å². The first-order valence-corrected chi connectivity index (χ1v) is 3.15. The molecule has 0 saturated carbocycles. The first kappa shape index (κ1) is 8.47. The van der Waals surface area contributed by atoms with E-state index in [4.69, 9.17) is 4.84 Å². The van der Waals surface area contributed by atoms with Gasteiger partial charge in [-0.1, -0.05) is 19.0 Å². The smallest absolute Gasteiger partial charge is 0.127 e. The fourth-order valence-corrected chi connectivity index (χ4v) is 0.261. The Morgan fingerprint density at radius 2 is 2.00 bits per heavy atom. The van der Waals surface area contributed by atoms with Gasteiger partial charge in [-0.15, -0.1) is 0 Å². The first-order valence-electron chi connectivity index (χ1n) is 3.15. The van der Waals surface area contributed by atoms with Gasteiger partial charge in [0.05, 0.1) is 0 Å². The SMILES string of the molecule is [CH2]C=NOC(C)C(C)C. The zero-order valence-corrected chi connectivity index (χ0v) is 6.29. The van der Waals surface area contributed by atoms with Crippen molar-refractivity contribution < 1.29 is 4.84 Å². The highest BCUT2D eigenvalue weighted by Crippen LogP contribution is 2.04. The third kappa shape index (κ3) is 4.01. The molecule has 0 aliphatic heterocycles. The second kappa shape index (κ2) is 4.36. The van der Waals surface area contributed by atoms with Gasteiger partial charge >= 0.3 is 0 Å². The number of hydrogen-bond acceptors (Lipinski definition) is 2. The summed E-state index contributed by atoms with van der Waals surface area (Å²) in [6.07, 6.45) is 1.58. The third-order valence-corrected chi connectivity index (χ3v) is 1.24. The molecule has 0 spiro atoms. The highest BCUT2D eigenvalue weighted by Gasteiger charge is 2.05.